The summed E-state index contributed by atoms with van der Waals surface area (Å²) in [6.45, 7) is 2.15. The minimum absolute atomic E-state index is 0.0218. The van der Waals surface area contributed by atoms with Gasteiger partial charge in [0.05, 0.1) is 5.39 Å². The van der Waals surface area contributed by atoms with E-state index in [4.69, 9.17) is 4.42 Å². The average molecular weight is 385 g/mol. The van der Waals surface area contributed by atoms with Crippen molar-refractivity contribution in [3.8, 4) is 11.1 Å². The third-order valence-electron chi connectivity index (χ3n) is 5.21. The number of thiophene rings is 1. The van der Waals surface area contributed by atoms with Gasteiger partial charge < -0.3 is 9.32 Å². The molecule has 0 unspecified atom stereocenters. The maximum absolute atomic E-state index is 12.7. The first-order chi connectivity index (χ1) is 13.5. The van der Waals surface area contributed by atoms with Gasteiger partial charge in [-0.3, -0.25) is 4.79 Å². The van der Waals surface area contributed by atoms with E-state index in [1.165, 1.54) is 25.7 Å². The third kappa shape index (κ3) is 2.45. The number of fused-ring (bicyclic) bond motifs is 4. The minimum atomic E-state index is -0.0218. The van der Waals surface area contributed by atoms with E-state index in [2.05, 4.69) is 43.3 Å². The number of para-hydroxylation sites is 1. The Bertz CT molecular complexity index is 1430. The number of nitrogens with zero attached hydrogens (tertiary/aromatic N) is 1. The van der Waals surface area contributed by atoms with Crippen molar-refractivity contribution in [2.24, 2.45) is 0 Å². The summed E-state index contributed by atoms with van der Waals surface area (Å²) < 4.78 is 8.67. The second-order valence-electron chi connectivity index (χ2n) is 7.26. The second kappa shape index (κ2) is 6.21. The highest BCUT2D eigenvalue weighted by Gasteiger charge is 2.17. The van der Waals surface area contributed by atoms with E-state index < -0.39 is 0 Å². The number of aryl methyl sites for hydroxylation is 1. The molecule has 0 amide bonds. The van der Waals surface area contributed by atoms with E-state index in [0.29, 0.717) is 16.9 Å². The molecule has 0 fully saturated rings. The first-order valence-corrected chi connectivity index (χ1v) is 10.0. The summed E-state index contributed by atoms with van der Waals surface area (Å²) in [7, 11) is 3.76. The standard InChI is InChI=1S/C24H19NO2S/c1-14-11-12-16(24-22(14)18-7-4-5-10-20(18)28-24)15-8-6-9-17-19(26)13-21(25(2)3)27-23(15)17/h4-13H,1-3H3. The molecule has 28 heavy (non-hydrogen) atoms. The molecule has 4 heteroatoms. The summed E-state index contributed by atoms with van der Waals surface area (Å²) in [4.78, 5) is 14.5. The second-order valence-corrected chi connectivity index (χ2v) is 8.31. The molecule has 2 aromatic heterocycles. The van der Waals surface area contributed by atoms with Crippen LogP contribution in [0.15, 0.2) is 69.9 Å². The van der Waals surface area contributed by atoms with Gasteiger partial charge in [0.25, 0.3) is 0 Å². The number of anilines is 1. The van der Waals surface area contributed by atoms with E-state index >= 15 is 0 Å². The van der Waals surface area contributed by atoms with Gasteiger partial charge in [0.2, 0.25) is 0 Å². The zero-order valence-electron chi connectivity index (χ0n) is 15.9. The first-order valence-electron chi connectivity index (χ1n) is 9.20. The molecule has 0 radical (unpaired) electrons. The lowest BCUT2D eigenvalue weighted by Gasteiger charge is -2.13. The highest BCUT2D eigenvalue weighted by Crippen LogP contribution is 2.43. The molecular weight excluding hydrogens is 366 g/mol. The summed E-state index contributed by atoms with van der Waals surface area (Å²) in [5, 5.41) is 3.16. The number of benzene rings is 3. The van der Waals surface area contributed by atoms with Crippen LogP contribution >= 0.6 is 11.3 Å². The normalized spacial score (nSPS) is 11.5. The van der Waals surface area contributed by atoms with E-state index in [9.17, 15) is 4.79 Å². The maximum atomic E-state index is 12.7. The molecule has 0 aliphatic rings. The fourth-order valence-corrected chi connectivity index (χ4v) is 5.11. The summed E-state index contributed by atoms with van der Waals surface area (Å²) >= 11 is 1.79. The van der Waals surface area contributed by atoms with Gasteiger partial charge in [-0.05, 0) is 24.6 Å². The third-order valence-corrected chi connectivity index (χ3v) is 6.41. The average Bonchev–Trinajstić information content (AvgIpc) is 3.08. The van der Waals surface area contributed by atoms with Gasteiger partial charge in [-0.25, -0.2) is 0 Å². The molecule has 2 heterocycles. The first kappa shape index (κ1) is 17.0. The summed E-state index contributed by atoms with van der Waals surface area (Å²) in [6.07, 6.45) is 0. The Labute approximate surface area is 166 Å². The van der Waals surface area contributed by atoms with Crippen LogP contribution in [0.4, 0.5) is 5.88 Å². The molecule has 138 valence electrons. The molecule has 3 nitrogen and oxygen atoms in total. The van der Waals surface area contributed by atoms with E-state index in [1.807, 2.05) is 37.2 Å². The van der Waals surface area contributed by atoms with E-state index in [1.54, 1.807) is 17.4 Å². The van der Waals surface area contributed by atoms with Crippen LogP contribution in [0.2, 0.25) is 0 Å². The molecule has 0 saturated carbocycles. The van der Waals surface area contributed by atoms with Crippen molar-refractivity contribution in [2.45, 2.75) is 6.92 Å². The lowest BCUT2D eigenvalue weighted by molar-refractivity contribution is 0.598. The minimum Gasteiger partial charge on any atom is -0.440 e. The van der Waals surface area contributed by atoms with Crippen LogP contribution in [0.5, 0.6) is 0 Å². The van der Waals surface area contributed by atoms with Gasteiger partial charge in [-0.15, -0.1) is 11.3 Å². The van der Waals surface area contributed by atoms with Gasteiger partial charge >= 0.3 is 0 Å². The molecule has 0 spiro atoms. The highest BCUT2D eigenvalue weighted by atomic mass is 32.1. The number of hydrogen-bond acceptors (Lipinski definition) is 4. The molecule has 0 bridgehead atoms. The smallest absolute Gasteiger partial charge is 0.199 e. The Balaban J connectivity index is 1.92. The van der Waals surface area contributed by atoms with Gasteiger partial charge in [0.15, 0.2) is 11.3 Å². The Kier molecular flexibility index (Phi) is 3.78. The summed E-state index contributed by atoms with van der Waals surface area (Å²) in [5.41, 5.74) is 3.93. The van der Waals surface area contributed by atoms with Crippen LogP contribution < -0.4 is 10.3 Å². The zero-order valence-corrected chi connectivity index (χ0v) is 16.8. The van der Waals surface area contributed by atoms with Gasteiger partial charge in [0, 0.05) is 51.5 Å². The number of hydrogen-bond donors (Lipinski definition) is 0. The van der Waals surface area contributed by atoms with Crippen LogP contribution in [-0.2, 0) is 0 Å². The van der Waals surface area contributed by atoms with Crippen molar-refractivity contribution < 1.29 is 4.42 Å². The molecule has 0 N–H and O–H groups in total. The molecule has 0 aliphatic heterocycles. The SMILES string of the molecule is Cc1ccc(-c2cccc3c(=O)cc(N(C)C)oc23)c2sc3ccccc3c12. The summed E-state index contributed by atoms with van der Waals surface area (Å²) in [6, 6.07) is 20.2. The van der Waals surface area contributed by atoms with E-state index in [-0.39, 0.29) is 5.43 Å². The van der Waals surface area contributed by atoms with Gasteiger partial charge in [0.1, 0.15) is 5.58 Å². The molecule has 0 saturated heterocycles. The van der Waals surface area contributed by atoms with Crippen molar-refractivity contribution in [3.05, 3.63) is 76.5 Å². The van der Waals surface area contributed by atoms with Crippen LogP contribution in [0.1, 0.15) is 5.56 Å². The van der Waals surface area contributed by atoms with Crippen molar-refractivity contribution in [1.29, 1.82) is 0 Å². The Morgan fingerprint density at radius 1 is 0.893 bits per heavy atom. The quantitative estimate of drug-likeness (QED) is 0.363. The van der Waals surface area contributed by atoms with Crippen LogP contribution in [-0.4, -0.2) is 14.1 Å². The van der Waals surface area contributed by atoms with Crippen LogP contribution in [0, 0.1) is 6.92 Å². The van der Waals surface area contributed by atoms with Crippen molar-refractivity contribution in [1.82, 2.24) is 0 Å². The Morgan fingerprint density at radius 2 is 1.68 bits per heavy atom. The topological polar surface area (TPSA) is 33.5 Å². The van der Waals surface area contributed by atoms with Crippen LogP contribution in [0.25, 0.3) is 42.3 Å². The molecule has 5 aromatic rings. The lowest BCUT2D eigenvalue weighted by Crippen LogP contribution is -2.12. The van der Waals surface area contributed by atoms with Crippen LogP contribution in [0.3, 0.4) is 0 Å². The van der Waals surface area contributed by atoms with E-state index in [0.717, 1.165) is 11.1 Å². The lowest BCUT2D eigenvalue weighted by atomic mass is 9.98. The summed E-state index contributed by atoms with van der Waals surface area (Å²) in [5.74, 6) is 0.560. The Hall–Kier alpha value is -3.11. The monoisotopic (exact) mass is 385 g/mol. The zero-order chi connectivity index (χ0) is 19.4. The molecule has 0 aliphatic carbocycles. The molecule has 0 atom stereocenters. The number of rotatable bonds is 2. The largest absolute Gasteiger partial charge is 0.440 e. The molecule has 5 rings (SSSR count). The molecule has 3 aromatic carbocycles. The Morgan fingerprint density at radius 3 is 2.50 bits per heavy atom. The maximum Gasteiger partial charge on any atom is 0.199 e. The van der Waals surface area contributed by atoms with Crippen molar-refractivity contribution in [2.75, 3.05) is 19.0 Å². The molecular formula is C24H19NO2S. The predicted octanol–water partition coefficient (Wildman–Crippen LogP) is 6.20. The highest BCUT2D eigenvalue weighted by molar-refractivity contribution is 7.26. The predicted molar refractivity (Wildman–Crippen MR) is 120 cm³/mol. The van der Waals surface area contributed by atoms with Crippen molar-refractivity contribution >= 4 is 48.4 Å². The van der Waals surface area contributed by atoms with Crippen molar-refractivity contribution in [3.63, 3.8) is 0 Å². The fraction of sp³-hybridized carbons (Fsp3) is 0.125. The fourth-order valence-electron chi connectivity index (χ4n) is 3.80. The van der Waals surface area contributed by atoms with Gasteiger partial charge in [-0.1, -0.05) is 42.5 Å². The van der Waals surface area contributed by atoms with Gasteiger partial charge in [-0.2, -0.15) is 0 Å².